The third-order valence-electron chi connectivity index (χ3n) is 6.50. The summed E-state index contributed by atoms with van der Waals surface area (Å²) < 4.78 is 13.8. The zero-order valence-electron chi connectivity index (χ0n) is 18.3. The highest BCUT2D eigenvalue weighted by Crippen LogP contribution is 2.38. The van der Waals surface area contributed by atoms with Crippen molar-refractivity contribution in [3.63, 3.8) is 0 Å². The quantitative estimate of drug-likeness (QED) is 0.432. The number of benzene rings is 3. The van der Waals surface area contributed by atoms with Crippen molar-refractivity contribution in [2.45, 2.75) is 37.5 Å². The van der Waals surface area contributed by atoms with E-state index in [0.29, 0.717) is 19.1 Å². The van der Waals surface area contributed by atoms with Gasteiger partial charge in [-0.2, -0.15) is 0 Å². The van der Waals surface area contributed by atoms with E-state index in [1.54, 1.807) is 0 Å². The van der Waals surface area contributed by atoms with E-state index in [4.69, 9.17) is 9.47 Å². The second-order valence-corrected chi connectivity index (χ2v) is 9.64. The molecule has 2 aliphatic rings. The minimum Gasteiger partial charge on any atom is -0.486 e. The monoisotopic (exact) mass is 431 g/mol. The van der Waals surface area contributed by atoms with Crippen LogP contribution >= 0.6 is 11.9 Å². The highest BCUT2D eigenvalue weighted by molar-refractivity contribution is 7.97. The number of rotatable bonds is 4. The summed E-state index contributed by atoms with van der Waals surface area (Å²) in [5.41, 5.74) is 6.86. The van der Waals surface area contributed by atoms with Gasteiger partial charge in [-0.05, 0) is 90.6 Å². The molecule has 2 heterocycles. The highest BCUT2D eigenvalue weighted by Gasteiger charge is 2.22. The standard InChI is InChI=1S/C27H29NO2S/c1-19-4-3-5-25(20(19)2)23-8-6-21(7-9-23)22-12-14-28(15-13-22)31-24-10-11-26-27(18-24)30-17-16-29-26/h3-11,18,22H,12-17H2,1-2H3. The zero-order valence-corrected chi connectivity index (χ0v) is 19.1. The van der Waals surface area contributed by atoms with Gasteiger partial charge in [-0.25, -0.2) is 4.31 Å². The molecule has 1 saturated heterocycles. The Bertz CT molecular complexity index is 1060. The lowest BCUT2D eigenvalue weighted by Gasteiger charge is -2.31. The van der Waals surface area contributed by atoms with Crippen LogP contribution in [0.3, 0.4) is 0 Å². The fourth-order valence-electron chi connectivity index (χ4n) is 4.51. The number of aryl methyl sites for hydroxylation is 1. The van der Waals surface area contributed by atoms with E-state index in [-0.39, 0.29) is 0 Å². The SMILES string of the molecule is Cc1cccc(-c2ccc(C3CCN(Sc4ccc5c(c4)OCCO5)CC3)cc2)c1C. The van der Waals surface area contributed by atoms with Gasteiger partial charge in [0.05, 0.1) is 0 Å². The summed E-state index contributed by atoms with van der Waals surface area (Å²) >= 11 is 1.84. The number of nitrogens with zero attached hydrogens (tertiary/aromatic N) is 1. The summed E-state index contributed by atoms with van der Waals surface area (Å²) in [6, 6.07) is 22.1. The Hall–Kier alpha value is -2.43. The predicted octanol–water partition coefficient (Wildman–Crippen LogP) is 6.63. The molecule has 0 aliphatic carbocycles. The zero-order chi connectivity index (χ0) is 21.2. The summed E-state index contributed by atoms with van der Waals surface area (Å²) in [6.45, 7) is 7.87. The molecule has 31 heavy (non-hydrogen) atoms. The van der Waals surface area contributed by atoms with Gasteiger partial charge in [0, 0.05) is 18.0 Å². The molecule has 0 amide bonds. The van der Waals surface area contributed by atoms with Crippen LogP contribution in [0.1, 0.15) is 35.4 Å². The Kier molecular flexibility index (Phi) is 5.93. The van der Waals surface area contributed by atoms with E-state index in [0.717, 1.165) is 24.6 Å². The lowest BCUT2D eigenvalue weighted by Crippen LogP contribution is -2.27. The Balaban J connectivity index is 1.20. The normalized spacial score (nSPS) is 17.0. The Morgan fingerprint density at radius 2 is 1.58 bits per heavy atom. The van der Waals surface area contributed by atoms with Gasteiger partial charge in [0.15, 0.2) is 11.5 Å². The number of hydrogen-bond donors (Lipinski definition) is 0. The maximum absolute atomic E-state index is 5.73. The molecule has 0 radical (unpaired) electrons. The van der Waals surface area contributed by atoms with Crippen molar-refractivity contribution in [2.75, 3.05) is 26.3 Å². The van der Waals surface area contributed by atoms with Crippen LogP contribution in [-0.2, 0) is 0 Å². The van der Waals surface area contributed by atoms with Gasteiger partial charge in [0.2, 0.25) is 0 Å². The Morgan fingerprint density at radius 3 is 2.35 bits per heavy atom. The fraction of sp³-hybridized carbons (Fsp3) is 0.333. The van der Waals surface area contributed by atoms with E-state index in [9.17, 15) is 0 Å². The molecule has 4 heteroatoms. The maximum atomic E-state index is 5.73. The topological polar surface area (TPSA) is 21.7 Å². The Labute approximate surface area is 189 Å². The first-order valence-electron chi connectivity index (χ1n) is 11.2. The predicted molar refractivity (Wildman–Crippen MR) is 128 cm³/mol. The molecule has 0 spiro atoms. The third-order valence-corrected chi connectivity index (χ3v) is 7.59. The van der Waals surface area contributed by atoms with Crippen LogP contribution in [0.4, 0.5) is 0 Å². The molecule has 3 aromatic carbocycles. The van der Waals surface area contributed by atoms with Crippen molar-refractivity contribution in [2.24, 2.45) is 0 Å². The average Bonchev–Trinajstić information content (AvgIpc) is 2.81. The van der Waals surface area contributed by atoms with Crippen molar-refractivity contribution in [3.05, 3.63) is 77.4 Å². The van der Waals surface area contributed by atoms with Crippen LogP contribution in [-0.4, -0.2) is 30.6 Å². The molecule has 0 aromatic heterocycles. The number of ether oxygens (including phenoxy) is 2. The fourth-order valence-corrected chi connectivity index (χ4v) is 5.49. The van der Waals surface area contributed by atoms with Crippen molar-refractivity contribution >= 4 is 11.9 Å². The van der Waals surface area contributed by atoms with E-state index in [2.05, 4.69) is 72.7 Å². The second kappa shape index (κ2) is 8.97. The van der Waals surface area contributed by atoms with Gasteiger partial charge in [-0.1, -0.05) is 42.5 Å². The first kappa shape index (κ1) is 20.5. The first-order chi connectivity index (χ1) is 15.2. The summed E-state index contributed by atoms with van der Waals surface area (Å²) in [6.07, 6.45) is 2.39. The lowest BCUT2D eigenvalue weighted by atomic mass is 9.88. The van der Waals surface area contributed by atoms with Crippen LogP contribution in [0.2, 0.25) is 0 Å². The molecule has 5 rings (SSSR count). The summed E-state index contributed by atoms with van der Waals surface area (Å²) in [5.74, 6) is 2.37. The van der Waals surface area contributed by atoms with Gasteiger partial charge in [-0.3, -0.25) is 0 Å². The lowest BCUT2D eigenvalue weighted by molar-refractivity contribution is 0.171. The van der Waals surface area contributed by atoms with Gasteiger partial charge in [0.25, 0.3) is 0 Å². The van der Waals surface area contributed by atoms with Crippen LogP contribution in [0.25, 0.3) is 11.1 Å². The van der Waals surface area contributed by atoms with Crippen molar-refractivity contribution < 1.29 is 9.47 Å². The largest absolute Gasteiger partial charge is 0.486 e. The van der Waals surface area contributed by atoms with Crippen LogP contribution in [0.5, 0.6) is 11.5 Å². The van der Waals surface area contributed by atoms with Crippen molar-refractivity contribution in [1.29, 1.82) is 0 Å². The molecule has 0 bridgehead atoms. The maximum Gasteiger partial charge on any atom is 0.162 e. The van der Waals surface area contributed by atoms with Crippen LogP contribution in [0.15, 0.2) is 65.6 Å². The van der Waals surface area contributed by atoms with Crippen LogP contribution in [0, 0.1) is 13.8 Å². The van der Waals surface area contributed by atoms with Gasteiger partial charge >= 0.3 is 0 Å². The average molecular weight is 432 g/mol. The molecule has 0 N–H and O–H groups in total. The van der Waals surface area contributed by atoms with Crippen molar-refractivity contribution in [1.82, 2.24) is 4.31 Å². The molecule has 160 valence electrons. The molecular formula is C27H29NO2S. The minimum absolute atomic E-state index is 0.634. The van der Waals surface area contributed by atoms with Gasteiger partial charge in [0.1, 0.15) is 13.2 Å². The third kappa shape index (κ3) is 4.46. The number of hydrogen-bond acceptors (Lipinski definition) is 4. The van der Waals surface area contributed by atoms with E-state index < -0.39 is 0 Å². The first-order valence-corrected chi connectivity index (χ1v) is 11.9. The van der Waals surface area contributed by atoms with Crippen molar-refractivity contribution in [3.8, 4) is 22.6 Å². The molecule has 1 fully saturated rings. The molecule has 3 nitrogen and oxygen atoms in total. The molecule has 0 atom stereocenters. The summed E-state index contributed by atoms with van der Waals surface area (Å²) in [7, 11) is 0. The highest BCUT2D eigenvalue weighted by atomic mass is 32.2. The van der Waals surface area contributed by atoms with Gasteiger partial charge in [-0.15, -0.1) is 0 Å². The minimum atomic E-state index is 0.634. The summed E-state index contributed by atoms with van der Waals surface area (Å²) in [5, 5.41) is 0. The molecule has 2 aliphatic heterocycles. The number of piperidine rings is 1. The van der Waals surface area contributed by atoms with Gasteiger partial charge < -0.3 is 9.47 Å². The van der Waals surface area contributed by atoms with E-state index in [1.165, 1.54) is 45.6 Å². The molecule has 3 aromatic rings. The van der Waals surface area contributed by atoms with E-state index in [1.807, 2.05) is 18.0 Å². The molecule has 0 saturated carbocycles. The molecular weight excluding hydrogens is 402 g/mol. The second-order valence-electron chi connectivity index (χ2n) is 8.47. The van der Waals surface area contributed by atoms with Crippen LogP contribution < -0.4 is 9.47 Å². The summed E-state index contributed by atoms with van der Waals surface area (Å²) in [4.78, 5) is 1.22. The smallest absolute Gasteiger partial charge is 0.162 e. The Morgan fingerprint density at radius 1 is 0.839 bits per heavy atom. The molecule has 0 unspecified atom stereocenters. The number of fused-ring (bicyclic) bond motifs is 1. The van der Waals surface area contributed by atoms with E-state index >= 15 is 0 Å².